The van der Waals surface area contributed by atoms with Crippen LogP contribution in [-0.2, 0) is 15.0 Å². The largest absolute Gasteiger partial charge is 0.480 e. The van der Waals surface area contributed by atoms with Gasteiger partial charge in [0.2, 0.25) is 0 Å². The van der Waals surface area contributed by atoms with Gasteiger partial charge in [0.15, 0.2) is 0 Å². The SMILES string of the molecule is CC1(C)CCCN1S(=O)(=O)NC[C@H](N)C(=O)O. The van der Waals surface area contributed by atoms with E-state index >= 15 is 0 Å². The van der Waals surface area contributed by atoms with Crippen LogP contribution in [0.15, 0.2) is 0 Å². The highest BCUT2D eigenvalue weighted by molar-refractivity contribution is 7.87. The molecule has 1 fully saturated rings. The van der Waals surface area contributed by atoms with E-state index in [1.165, 1.54) is 4.31 Å². The van der Waals surface area contributed by atoms with Gasteiger partial charge < -0.3 is 10.8 Å². The molecule has 1 aliphatic rings. The lowest BCUT2D eigenvalue weighted by molar-refractivity contribution is -0.138. The third-order valence-electron chi connectivity index (χ3n) is 2.92. The zero-order chi connectivity index (χ0) is 13.3. The summed E-state index contributed by atoms with van der Waals surface area (Å²) in [4.78, 5) is 10.5. The molecule has 1 aliphatic heterocycles. The van der Waals surface area contributed by atoms with Crippen molar-refractivity contribution in [2.24, 2.45) is 5.73 Å². The van der Waals surface area contributed by atoms with Crippen LogP contribution in [0.2, 0.25) is 0 Å². The fourth-order valence-corrected chi connectivity index (χ4v) is 3.55. The molecule has 7 nitrogen and oxygen atoms in total. The molecule has 1 heterocycles. The van der Waals surface area contributed by atoms with Gasteiger partial charge >= 0.3 is 5.97 Å². The van der Waals surface area contributed by atoms with Crippen molar-refractivity contribution in [2.75, 3.05) is 13.1 Å². The minimum absolute atomic E-state index is 0.301. The molecule has 0 aromatic heterocycles. The Balaban J connectivity index is 2.66. The van der Waals surface area contributed by atoms with E-state index in [1.807, 2.05) is 13.8 Å². The van der Waals surface area contributed by atoms with Crippen LogP contribution in [0.5, 0.6) is 0 Å². The van der Waals surface area contributed by atoms with E-state index in [-0.39, 0.29) is 6.54 Å². The number of carbonyl (C=O) groups is 1. The number of nitrogens with two attached hydrogens (primary N) is 1. The molecular formula is C9H19N3O4S. The van der Waals surface area contributed by atoms with Crippen molar-refractivity contribution in [1.29, 1.82) is 0 Å². The molecule has 0 aromatic carbocycles. The maximum atomic E-state index is 11.9. The van der Waals surface area contributed by atoms with Crippen molar-refractivity contribution in [3.05, 3.63) is 0 Å². The molecule has 1 atom stereocenters. The molecule has 8 heteroatoms. The Labute approximate surface area is 101 Å². The fourth-order valence-electron chi connectivity index (χ4n) is 1.89. The summed E-state index contributed by atoms with van der Waals surface area (Å²) in [5, 5.41) is 8.57. The van der Waals surface area contributed by atoms with Crippen LogP contribution in [-0.4, -0.2) is 48.5 Å². The van der Waals surface area contributed by atoms with Crippen molar-refractivity contribution in [3.8, 4) is 0 Å². The molecule has 0 spiro atoms. The Morgan fingerprint density at radius 1 is 1.59 bits per heavy atom. The van der Waals surface area contributed by atoms with Gasteiger partial charge in [-0.25, -0.2) is 0 Å². The standard InChI is InChI=1S/C9H19N3O4S/c1-9(2)4-3-5-12(9)17(15,16)11-6-7(10)8(13)14/h7,11H,3-6,10H2,1-2H3,(H,13,14)/t7-/m0/s1. The Kier molecular flexibility index (Phi) is 4.13. The second-order valence-corrected chi connectivity index (χ2v) is 6.47. The summed E-state index contributed by atoms with van der Waals surface area (Å²) in [6.07, 6.45) is 1.60. The normalized spacial score (nSPS) is 22.5. The van der Waals surface area contributed by atoms with E-state index in [1.54, 1.807) is 0 Å². The van der Waals surface area contributed by atoms with Crippen LogP contribution >= 0.6 is 0 Å². The maximum Gasteiger partial charge on any atom is 0.321 e. The minimum Gasteiger partial charge on any atom is -0.480 e. The maximum absolute atomic E-state index is 11.9. The first-order valence-electron chi connectivity index (χ1n) is 5.42. The number of nitrogens with one attached hydrogen (secondary N) is 1. The summed E-state index contributed by atoms with van der Waals surface area (Å²) < 4.78 is 27.5. The lowest BCUT2D eigenvalue weighted by atomic mass is 10.0. The van der Waals surface area contributed by atoms with Crippen molar-refractivity contribution < 1.29 is 18.3 Å². The van der Waals surface area contributed by atoms with E-state index in [4.69, 9.17) is 10.8 Å². The van der Waals surface area contributed by atoms with Gasteiger partial charge in [0.25, 0.3) is 10.2 Å². The van der Waals surface area contributed by atoms with Gasteiger partial charge in [0.05, 0.1) is 0 Å². The van der Waals surface area contributed by atoms with Crippen LogP contribution in [0.4, 0.5) is 0 Å². The second kappa shape index (κ2) is 4.89. The third-order valence-corrected chi connectivity index (χ3v) is 4.71. The highest BCUT2D eigenvalue weighted by atomic mass is 32.2. The average Bonchev–Trinajstić information content (AvgIpc) is 2.55. The number of hydrogen-bond donors (Lipinski definition) is 3. The summed E-state index contributed by atoms with van der Waals surface area (Å²) in [7, 11) is -3.66. The topological polar surface area (TPSA) is 113 Å². The molecule has 0 aromatic rings. The number of carboxylic acid groups (broad SMARTS) is 1. The van der Waals surface area contributed by atoms with E-state index in [2.05, 4.69) is 4.72 Å². The zero-order valence-electron chi connectivity index (χ0n) is 10.0. The van der Waals surface area contributed by atoms with Crippen molar-refractivity contribution in [1.82, 2.24) is 9.03 Å². The van der Waals surface area contributed by atoms with Crippen LogP contribution in [0, 0.1) is 0 Å². The van der Waals surface area contributed by atoms with E-state index in [0.717, 1.165) is 12.8 Å². The number of carboxylic acids is 1. The molecule has 0 radical (unpaired) electrons. The lowest BCUT2D eigenvalue weighted by Gasteiger charge is -2.30. The number of aliphatic carboxylic acids is 1. The van der Waals surface area contributed by atoms with Gasteiger partial charge in [-0.15, -0.1) is 0 Å². The second-order valence-electron chi connectivity index (χ2n) is 4.79. The predicted octanol–water partition coefficient (Wildman–Crippen LogP) is -0.893. The number of hydrogen-bond acceptors (Lipinski definition) is 4. The zero-order valence-corrected chi connectivity index (χ0v) is 10.8. The minimum atomic E-state index is -3.66. The van der Waals surface area contributed by atoms with Crippen LogP contribution in [0.3, 0.4) is 0 Å². The molecule has 0 bridgehead atoms. The monoisotopic (exact) mass is 265 g/mol. The summed E-state index contributed by atoms with van der Waals surface area (Å²) in [6.45, 7) is 3.83. The van der Waals surface area contributed by atoms with Crippen molar-refractivity contribution >= 4 is 16.2 Å². The summed E-state index contributed by atoms with van der Waals surface area (Å²) in [5.41, 5.74) is 4.81. The Morgan fingerprint density at radius 3 is 2.59 bits per heavy atom. The Hall–Kier alpha value is -0.700. The average molecular weight is 265 g/mol. The molecule has 0 saturated carbocycles. The fraction of sp³-hybridized carbons (Fsp3) is 0.889. The summed E-state index contributed by atoms with van der Waals surface area (Å²) in [5.74, 6) is -1.23. The molecule has 17 heavy (non-hydrogen) atoms. The van der Waals surface area contributed by atoms with Crippen LogP contribution in [0.25, 0.3) is 0 Å². The first-order chi connectivity index (χ1) is 7.67. The molecule has 0 unspecified atom stereocenters. The van der Waals surface area contributed by atoms with Crippen LogP contribution in [0.1, 0.15) is 26.7 Å². The summed E-state index contributed by atoms with van der Waals surface area (Å²) in [6, 6.07) is -1.23. The van der Waals surface area contributed by atoms with Gasteiger partial charge in [-0.05, 0) is 26.7 Å². The molecule has 1 rings (SSSR count). The molecule has 0 aliphatic carbocycles. The molecule has 0 amide bonds. The van der Waals surface area contributed by atoms with Gasteiger partial charge in [-0.2, -0.15) is 17.4 Å². The number of nitrogens with zero attached hydrogens (tertiary/aromatic N) is 1. The van der Waals surface area contributed by atoms with Crippen molar-refractivity contribution in [3.63, 3.8) is 0 Å². The third kappa shape index (κ3) is 3.38. The molecule has 4 N–H and O–H groups in total. The molecule has 1 saturated heterocycles. The first kappa shape index (κ1) is 14.4. The van der Waals surface area contributed by atoms with Gasteiger partial charge in [-0.3, -0.25) is 4.79 Å². The van der Waals surface area contributed by atoms with Gasteiger partial charge in [0.1, 0.15) is 6.04 Å². The Morgan fingerprint density at radius 2 is 2.18 bits per heavy atom. The first-order valence-corrected chi connectivity index (χ1v) is 6.87. The lowest BCUT2D eigenvalue weighted by Crippen LogP contribution is -2.51. The van der Waals surface area contributed by atoms with Crippen molar-refractivity contribution in [2.45, 2.75) is 38.3 Å². The van der Waals surface area contributed by atoms with Crippen LogP contribution < -0.4 is 10.5 Å². The molecule has 100 valence electrons. The molecular weight excluding hydrogens is 246 g/mol. The summed E-state index contributed by atoms with van der Waals surface area (Å²) >= 11 is 0. The van der Waals surface area contributed by atoms with Gasteiger partial charge in [-0.1, -0.05) is 0 Å². The quantitative estimate of drug-likeness (QED) is 0.596. The van der Waals surface area contributed by atoms with E-state index in [9.17, 15) is 13.2 Å². The van der Waals surface area contributed by atoms with E-state index < -0.39 is 27.8 Å². The highest BCUT2D eigenvalue weighted by Crippen LogP contribution is 2.30. The smallest absolute Gasteiger partial charge is 0.321 e. The van der Waals surface area contributed by atoms with Gasteiger partial charge in [0, 0.05) is 18.6 Å². The highest BCUT2D eigenvalue weighted by Gasteiger charge is 2.40. The Bertz CT molecular complexity index is 393. The number of rotatable bonds is 5. The van der Waals surface area contributed by atoms with E-state index in [0.29, 0.717) is 6.54 Å². The predicted molar refractivity (Wildman–Crippen MR) is 62.6 cm³/mol.